The summed E-state index contributed by atoms with van der Waals surface area (Å²) < 4.78 is 1.97. The van der Waals surface area contributed by atoms with Crippen molar-refractivity contribution in [1.29, 1.82) is 0 Å². The molecule has 1 aliphatic rings. The minimum atomic E-state index is -0.579. The highest BCUT2D eigenvalue weighted by atomic mass is 16.3. The molecule has 2 unspecified atom stereocenters. The summed E-state index contributed by atoms with van der Waals surface area (Å²) in [6, 6.07) is 0. The van der Waals surface area contributed by atoms with Crippen molar-refractivity contribution in [1.82, 2.24) is 14.8 Å². The zero-order valence-corrected chi connectivity index (χ0v) is 13.9. The maximum Gasteiger partial charge on any atom is 0.138 e. The number of aromatic nitrogens is 3. The summed E-state index contributed by atoms with van der Waals surface area (Å²) in [6.07, 6.45) is 10.2. The van der Waals surface area contributed by atoms with Crippen molar-refractivity contribution in [2.24, 2.45) is 11.8 Å². The maximum absolute atomic E-state index is 11.0. The molecule has 1 aromatic heterocycles. The van der Waals surface area contributed by atoms with Crippen LogP contribution in [0.15, 0.2) is 6.33 Å². The molecule has 21 heavy (non-hydrogen) atoms. The third kappa shape index (κ3) is 4.80. The van der Waals surface area contributed by atoms with Gasteiger partial charge in [0, 0.05) is 13.0 Å². The van der Waals surface area contributed by atoms with Crippen LogP contribution in [0, 0.1) is 11.8 Å². The molecular formula is C17H31N3O. The van der Waals surface area contributed by atoms with Crippen LogP contribution in [0.5, 0.6) is 0 Å². The predicted octanol–water partition coefficient (Wildman–Crippen LogP) is 3.59. The predicted molar refractivity (Wildman–Crippen MR) is 85.0 cm³/mol. The van der Waals surface area contributed by atoms with Gasteiger partial charge in [-0.1, -0.05) is 46.5 Å². The number of hydrogen-bond donors (Lipinski definition) is 1. The van der Waals surface area contributed by atoms with Crippen molar-refractivity contribution in [3.05, 3.63) is 12.2 Å². The Morgan fingerprint density at radius 2 is 2.19 bits per heavy atom. The van der Waals surface area contributed by atoms with Crippen LogP contribution in [0.25, 0.3) is 0 Å². The number of aliphatic hydroxyl groups is 1. The smallest absolute Gasteiger partial charge is 0.138 e. The number of hydrogen-bond acceptors (Lipinski definition) is 3. The van der Waals surface area contributed by atoms with Crippen molar-refractivity contribution in [3.8, 4) is 0 Å². The van der Waals surface area contributed by atoms with E-state index in [2.05, 4.69) is 30.9 Å². The van der Waals surface area contributed by atoms with Gasteiger partial charge >= 0.3 is 0 Å². The Morgan fingerprint density at radius 3 is 2.90 bits per heavy atom. The van der Waals surface area contributed by atoms with E-state index in [1.807, 2.05) is 4.68 Å². The zero-order valence-electron chi connectivity index (χ0n) is 13.9. The number of nitrogens with zero attached hydrogens (tertiary/aromatic N) is 3. The average Bonchev–Trinajstić information content (AvgIpc) is 2.73. The van der Waals surface area contributed by atoms with E-state index < -0.39 is 5.60 Å². The summed E-state index contributed by atoms with van der Waals surface area (Å²) in [4.78, 5) is 4.39. The molecule has 4 heteroatoms. The lowest BCUT2D eigenvalue weighted by atomic mass is 9.89. The minimum Gasteiger partial charge on any atom is -0.389 e. The lowest BCUT2D eigenvalue weighted by Crippen LogP contribution is -2.32. The van der Waals surface area contributed by atoms with Crippen molar-refractivity contribution in [2.75, 3.05) is 0 Å². The lowest BCUT2D eigenvalue weighted by Gasteiger charge is -2.26. The molecule has 2 atom stereocenters. The Bertz CT molecular complexity index is 429. The largest absolute Gasteiger partial charge is 0.389 e. The van der Waals surface area contributed by atoms with E-state index in [0.29, 0.717) is 12.3 Å². The average molecular weight is 293 g/mol. The molecule has 0 aromatic carbocycles. The van der Waals surface area contributed by atoms with Gasteiger partial charge in [-0.25, -0.2) is 9.67 Å². The third-order valence-corrected chi connectivity index (χ3v) is 4.69. The first-order chi connectivity index (χ1) is 10.0. The summed E-state index contributed by atoms with van der Waals surface area (Å²) in [6.45, 7) is 7.50. The molecule has 1 heterocycles. The first-order valence-electron chi connectivity index (χ1n) is 8.61. The van der Waals surface area contributed by atoms with Crippen LogP contribution in [0.4, 0.5) is 0 Å². The van der Waals surface area contributed by atoms with Gasteiger partial charge < -0.3 is 5.11 Å². The van der Waals surface area contributed by atoms with Crippen molar-refractivity contribution in [3.63, 3.8) is 0 Å². The molecule has 1 fully saturated rings. The fourth-order valence-corrected chi connectivity index (χ4v) is 3.55. The van der Waals surface area contributed by atoms with E-state index >= 15 is 0 Å². The fraction of sp³-hybridized carbons (Fsp3) is 0.882. The van der Waals surface area contributed by atoms with Crippen LogP contribution in [0.3, 0.4) is 0 Å². The van der Waals surface area contributed by atoms with E-state index in [-0.39, 0.29) is 0 Å². The molecule has 120 valence electrons. The first kappa shape index (κ1) is 16.5. The highest BCUT2D eigenvalue weighted by Crippen LogP contribution is 2.34. The molecule has 1 saturated carbocycles. The minimum absolute atomic E-state index is 0.545. The molecule has 0 saturated heterocycles. The van der Waals surface area contributed by atoms with E-state index in [4.69, 9.17) is 0 Å². The van der Waals surface area contributed by atoms with Gasteiger partial charge in [0.1, 0.15) is 12.2 Å². The van der Waals surface area contributed by atoms with Gasteiger partial charge in [0.25, 0.3) is 0 Å². The van der Waals surface area contributed by atoms with Gasteiger partial charge in [0.05, 0.1) is 5.60 Å². The monoisotopic (exact) mass is 293 g/mol. The Labute approximate surface area is 129 Å². The molecule has 0 amide bonds. The van der Waals surface area contributed by atoms with Crippen molar-refractivity contribution in [2.45, 2.75) is 84.3 Å². The van der Waals surface area contributed by atoms with Crippen LogP contribution in [-0.2, 0) is 13.0 Å². The topological polar surface area (TPSA) is 50.9 Å². The van der Waals surface area contributed by atoms with Crippen LogP contribution in [0.1, 0.15) is 71.5 Å². The first-order valence-corrected chi connectivity index (χ1v) is 8.61. The van der Waals surface area contributed by atoms with E-state index in [0.717, 1.165) is 44.0 Å². The van der Waals surface area contributed by atoms with Crippen molar-refractivity contribution < 1.29 is 5.11 Å². The molecule has 4 nitrogen and oxygen atoms in total. The van der Waals surface area contributed by atoms with E-state index in [9.17, 15) is 5.11 Å². The molecule has 0 spiro atoms. The van der Waals surface area contributed by atoms with Crippen LogP contribution >= 0.6 is 0 Å². The van der Waals surface area contributed by atoms with Crippen molar-refractivity contribution >= 4 is 0 Å². The second-order valence-corrected chi connectivity index (χ2v) is 7.24. The molecule has 0 radical (unpaired) electrons. The molecule has 1 aromatic rings. The normalized spacial score (nSPS) is 27.0. The van der Waals surface area contributed by atoms with Crippen LogP contribution < -0.4 is 0 Å². The van der Waals surface area contributed by atoms with Gasteiger partial charge in [-0.05, 0) is 31.1 Å². The summed E-state index contributed by atoms with van der Waals surface area (Å²) >= 11 is 0. The molecular weight excluding hydrogens is 262 g/mol. The summed E-state index contributed by atoms with van der Waals surface area (Å²) in [5.74, 6) is 2.29. The van der Waals surface area contributed by atoms with E-state index in [1.54, 1.807) is 6.33 Å². The SMILES string of the molecule is CCCC1CCCC(O)(Cc2ncnn2CC(C)C)CC1. The number of rotatable bonds is 6. The van der Waals surface area contributed by atoms with E-state index in [1.165, 1.54) is 19.3 Å². The lowest BCUT2D eigenvalue weighted by molar-refractivity contribution is 0.0211. The third-order valence-electron chi connectivity index (χ3n) is 4.69. The highest BCUT2D eigenvalue weighted by Gasteiger charge is 2.32. The molecule has 0 aliphatic heterocycles. The van der Waals surface area contributed by atoms with Crippen LogP contribution in [-0.4, -0.2) is 25.5 Å². The molecule has 1 N–H and O–H groups in total. The van der Waals surface area contributed by atoms with Gasteiger partial charge in [-0.15, -0.1) is 0 Å². The van der Waals surface area contributed by atoms with Gasteiger partial charge in [-0.3, -0.25) is 0 Å². The Kier molecular flexibility index (Phi) is 5.80. The highest BCUT2D eigenvalue weighted by molar-refractivity contribution is 4.96. The summed E-state index contributed by atoms with van der Waals surface area (Å²) in [5.41, 5.74) is -0.579. The summed E-state index contributed by atoms with van der Waals surface area (Å²) in [5, 5.41) is 15.3. The molecule has 2 rings (SSSR count). The second kappa shape index (κ2) is 7.39. The Hall–Kier alpha value is -0.900. The second-order valence-electron chi connectivity index (χ2n) is 7.24. The Morgan fingerprint density at radius 1 is 1.38 bits per heavy atom. The molecule has 0 bridgehead atoms. The van der Waals surface area contributed by atoms with Crippen LogP contribution in [0.2, 0.25) is 0 Å². The maximum atomic E-state index is 11.0. The molecule has 1 aliphatic carbocycles. The van der Waals surface area contributed by atoms with Gasteiger partial charge in [-0.2, -0.15) is 5.10 Å². The zero-order chi connectivity index (χ0) is 15.3. The quantitative estimate of drug-likeness (QED) is 0.815. The van der Waals surface area contributed by atoms with Gasteiger partial charge in [0.15, 0.2) is 0 Å². The fourth-order valence-electron chi connectivity index (χ4n) is 3.55. The summed E-state index contributed by atoms with van der Waals surface area (Å²) in [7, 11) is 0. The van der Waals surface area contributed by atoms with Gasteiger partial charge in [0.2, 0.25) is 0 Å². The standard InChI is InChI=1S/C17H31N3O/c1-4-6-15-7-5-9-17(21,10-8-15)11-16-18-13-19-20(16)12-14(2)3/h13-15,21H,4-12H2,1-3H3. The Balaban J connectivity index is 1.99.